The van der Waals surface area contributed by atoms with Crippen LogP contribution in [0.3, 0.4) is 0 Å². The van der Waals surface area contributed by atoms with Gasteiger partial charge in [0.1, 0.15) is 12.1 Å². The first-order valence-electron chi connectivity index (χ1n) is 10.5. The van der Waals surface area contributed by atoms with E-state index in [0.29, 0.717) is 0 Å². The molecule has 2 N–H and O–H groups in total. The summed E-state index contributed by atoms with van der Waals surface area (Å²) >= 11 is 0. The Morgan fingerprint density at radius 1 is 1.07 bits per heavy atom. The van der Waals surface area contributed by atoms with Crippen LogP contribution in [0, 0.1) is 11.8 Å². The minimum Gasteiger partial charge on any atom is -0.319 e. The second kappa shape index (κ2) is 16.2. The van der Waals surface area contributed by atoms with Gasteiger partial charge in [-0.25, -0.2) is 0 Å². The van der Waals surface area contributed by atoms with Gasteiger partial charge in [0.05, 0.1) is 6.04 Å². The van der Waals surface area contributed by atoms with Gasteiger partial charge in [0.25, 0.3) is 0 Å². The molecule has 0 aromatic heterocycles. The van der Waals surface area contributed by atoms with Crippen molar-refractivity contribution in [3.8, 4) is 0 Å². The average Bonchev–Trinajstić information content (AvgIpc) is 2.62. The summed E-state index contributed by atoms with van der Waals surface area (Å²) in [6.45, 7) is 9.24. The quantitative estimate of drug-likeness (QED) is 0.679. The second-order valence-corrected chi connectivity index (χ2v) is 8.00. The van der Waals surface area contributed by atoms with E-state index in [1.54, 1.807) is 6.92 Å². The van der Waals surface area contributed by atoms with Crippen LogP contribution in [-0.4, -0.2) is 88.8 Å². The van der Waals surface area contributed by atoms with Crippen LogP contribution in [0.5, 0.6) is 0 Å². The number of hydrogen-bond donors (Lipinski definition) is 2. The molecular weight excluding hydrogens is 340 g/mol. The fourth-order valence-corrected chi connectivity index (χ4v) is 3.85. The molecule has 0 aromatic rings. The van der Waals surface area contributed by atoms with Gasteiger partial charge in [-0.05, 0) is 112 Å². The van der Waals surface area contributed by atoms with Crippen LogP contribution in [-0.2, 0) is 9.59 Å². The Hall–Kier alpha value is -0.820. The molecule has 0 aliphatic carbocycles. The van der Waals surface area contributed by atoms with Crippen molar-refractivity contribution in [3.63, 3.8) is 0 Å². The first-order valence-corrected chi connectivity index (χ1v) is 10.5. The molecule has 2 atom stereocenters. The Balaban J connectivity index is 0.000000455. The number of hydrogen-bond acceptors (Lipinski definition) is 6. The summed E-state index contributed by atoms with van der Waals surface area (Å²) < 4.78 is 0. The maximum absolute atomic E-state index is 11.2. The van der Waals surface area contributed by atoms with E-state index in [4.69, 9.17) is 4.79 Å². The lowest BCUT2D eigenvalue weighted by molar-refractivity contribution is -0.119. The highest BCUT2D eigenvalue weighted by atomic mass is 16.1. The van der Waals surface area contributed by atoms with E-state index in [2.05, 4.69) is 34.5 Å². The average molecular weight is 385 g/mol. The summed E-state index contributed by atoms with van der Waals surface area (Å²) in [4.78, 5) is 24.8. The first kappa shape index (κ1) is 26.2. The van der Waals surface area contributed by atoms with Crippen LogP contribution in [0.4, 0.5) is 0 Å². The van der Waals surface area contributed by atoms with Crippen LogP contribution >= 0.6 is 0 Å². The predicted octanol–water partition coefficient (Wildman–Crippen LogP) is 1.65. The van der Waals surface area contributed by atoms with Crippen molar-refractivity contribution in [2.45, 2.75) is 52.0 Å². The molecule has 2 aliphatic rings. The van der Waals surface area contributed by atoms with Gasteiger partial charge < -0.3 is 25.2 Å². The van der Waals surface area contributed by atoms with Gasteiger partial charge in [-0.2, -0.15) is 0 Å². The summed E-state index contributed by atoms with van der Waals surface area (Å²) in [5.74, 6) is 1.89. The predicted molar refractivity (Wildman–Crippen MR) is 114 cm³/mol. The van der Waals surface area contributed by atoms with Gasteiger partial charge in [-0.3, -0.25) is 4.79 Å². The van der Waals surface area contributed by atoms with E-state index in [1.165, 1.54) is 65.3 Å². The molecule has 2 unspecified atom stereocenters. The topological polar surface area (TPSA) is 64.7 Å². The van der Waals surface area contributed by atoms with Crippen LogP contribution in [0.15, 0.2) is 0 Å². The van der Waals surface area contributed by atoms with Crippen LogP contribution in [0.25, 0.3) is 0 Å². The summed E-state index contributed by atoms with van der Waals surface area (Å²) in [5, 5.41) is 6.33. The smallest absolute Gasteiger partial charge is 0.146 e. The Labute approximate surface area is 167 Å². The lowest BCUT2D eigenvalue weighted by Gasteiger charge is -2.30. The van der Waals surface area contributed by atoms with Gasteiger partial charge in [0, 0.05) is 6.54 Å². The molecule has 0 spiro atoms. The SMILES string of the molecule is CC=O.CNC(CC1CCN(C)CC1)C(C)=O.CNCC1CCCN(C)C1. The van der Waals surface area contributed by atoms with Gasteiger partial charge in [-0.1, -0.05) is 0 Å². The van der Waals surface area contributed by atoms with Crippen LogP contribution in [0.1, 0.15) is 46.0 Å². The van der Waals surface area contributed by atoms with Crippen molar-refractivity contribution in [1.29, 1.82) is 0 Å². The molecule has 2 rings (SSSR count). The molecule has 2 saturated heterocycles. The first-order chi connectivity index (χ1) is 12.9. The van der Waals surface area contributed by atoms with Gasteiger partial charge in [0.2, 0.25) is 0 Å². The van der Waals surface area contributed by atoms with Crippen molar-refractivity contribution < 1.29 is 9.59 Å². The molecule has 0 amide bonds. The van der Waals surface area contributed by atoms with Crippen molar-refractivity contribution in [2.24, 2.45) is 11.8 Å². The normalized spacial score (nSPS) is 22.7. The van der Waals surface area contributed by atoms with Crippen LogP contribution in [0.2, 0.25) is 0 Å². The molecule has 6 heteroatoms. The lowest BCUT2D eigenvalue weighted by atomic mass is 9.89. The molecule has 2 fully saturated rings. The number of carbonyl (C=O) groups is 2. The van der Waals surface area contributed by atoms with Gasteiger partial charge in [-0.15, -0.1) is 0 Å². The molecular formula is C21H44N4O2. The highest BCUT2D eigenvalue weighted by Gasteiger charge is 2.22. The van der Waals surface area contributed by atoms with E-state index in [0.717, 1.165) is 24.5 Å². The third-order valence-corrected chi connectivity index (χ3v) is 5.46. The van der Waals surface area contributed by atoms with Gasteiger partial charge >= 0.3 is 0 Å². The number of carbonyl (C=O) groups excluding carboxylic acids is 2. The monoisotopic (exact) mass is 384 g/mol. The minimum atomic E-state index is 0.0726. The Bertz CT molecular complexity index is 382. The number of rotatable bonds is 6. The van der Waals surface area contributed by atoms with E-state index >= 15 is 0 Å². The third kappa shape index (κ3) is 13.1. The fraction of sp³-hybridized carbons (Fsp3) is 0.905. The van der Waals surface area contributed by atoms with Crippen molar-refractivity contribution in [3.05, 3.63) is 0 Å². The summed E-state index contributed by atoms with van der Waals surface area (Å²) in [6, 6.07) is 0.0726. The molecule has 2 aliphatic heterocycles. The fourth-order valence-electron chi connectivity index (χ4n) is 3.85. The van der Waals surface area contributed by atoms with Crippen molar-refractivity contribution in [2.75, 3.05) is 60.9 Å². The van der Waals surface area contributed by atoms with E-state index in [-0.39, 0.29) is 11.8 Å². The third-order valence-electron chi connectivity index (χ3n) is 5.46. The second-order valence-electron chi connectivity index (χ2n) is 8.00. The minimum absolute atomic E-state index is 0.0726. The molecule has 0 aromatic carbocycles. The zero-order valence-electron chi connectivity index (χ0n) is 18.6. The number of piperidine rings is 2. The van der Waals surface area contributed by atoms with Crippen LogP contribution < -0.4 is 10.6 Å². The van der Waals surface area contributed by atoms with Crippen molar-refractivity contribution >= 4 is 12.1 Å². The Morgan fingerprint density at radius 2 is 1.67 bits per heavy atom. The Kier molecular flexibility index (Phi) is 15.7. The molecule has 160 valence electrons. The molecule has 6 nitrogen and oxygen atoms in total. The molecule has 0 saturated carbocycles. The number of ketones is 1. The number of aldehydes is 1. The molecule has 0 radical (unpaired) electrons. The van der Waals surface area contributed by atoms with E-state index in [1.807, 2.05) is 14.1 Å². The van der Waals surface area contributed by atoms with Crippen molar-refractivity contribution in [1.82, 2.24) is 20.4 Å². The molecule has 27 heavy (non-hydrogen) atoms. The Morgan fingerprint density at radius 3 is 2.11 bits per heavy atom. The number of likely N-dealkylation sites (N-methyl/N-ethyl adjacent to an activating group) is 1. The van der Waals surface area contributed by atoms with Gasteiger partial charge in [0.15, 0.2) is 0 Å². The van der Waals surface area contributed by atoms with E-state index < -0.39 is 0 Å². The maximum Gasteiger partial charge on any atom is 0.146 e. The number of nitrogens with zero attached hydrogens (tertiary/aromatic N) is 2. The largest absolute Gasteiger partial charge is 0.319 e. The molecule has 2 heterocycles. The standard InChI is InChI=1S/C11H22N2O.C8H18N2.C2H4O/c1-9(14)11(12-2)8-10-4-6-13(3)7-5-10;1-9-6-8-4-3-5-10(2)7-8;1-2-3/h10-12H,4-8H2,1-3H3;8-9H,3-7H2,1-2H3;2H,1H3. The lowest BCUT2D eigenvalue weighted by Crippen LogP contribution is -2.38. The zero-order chi connectivity index (χ0) is 20.7. The highest BCUT2D eigenvalue weighted by molar-refractivity contribution is 5.81. The number of Topliss-reactive ketones (excluding diaryl/α,β-unsaturated/α-hetero) is 1. The zero-order valence-corrected chi connectivity index (χ0v) is 18.6. The highest BCUT2D eigenvalue weighted by Crippen LogP contribution is 2.21. The maximum atomic E-state index is 11.2. The number of likely N-dealkylation sites (tertiary alicyclic amines) is 2. The number of nitrogens with one attached hydrogen (secondary N) is 2. The summed E-state index contributed by atoms with van der Waals surface area (Å²) in [5.41, 5.74) is 0. The van der Waals surface area contributed by atoms with E-state index in [9.17, 15) is 4.79 Å². The molecule has 0 bridgehead atoms. The summed E-state index contributed by atoms with van der Waals surface area (Å²) in [7, 11) is 8.29. The summed E-state index contributed by atoms with van der Waals surface area (Å²) in [6.07, 6.45) is 7.03.